The van der Waals surface area contributed by atoms with Gasteiger partial charge in [0.15, 0.2) is 14.6 Å². The average molecular weight is 447 g/mol. The van der Waals surface area contributed by atoms with Gasteiger partial charge in [-0.3, -0.25) is 14.8 Å². The van der Waals surface area contributed by atoms with E-state index in [9.17, 15) is 18.0 Å². The molecule has 0 aliphatic rings. The largest absolute Gasteiger partial charge is 0.395 e. The molecule has 1 aromatic heterocycles. The van der Waals surface area contributed by atoms with Gasteiger partial charge in [-0.05, 0) is 49.6 Å². The van der Waals surface area contributed by atoms with Crippen LogP contribution in [0.25, 0.3) is 11.1 Å². The van der Waals surface area contributed by atoms with Crippen LogP contribution in [0.3, 0.4) is 0 Å². The van der Waals surface area contributed by atoms with Crippen LogP contribution in [-0.2, 0) is 21.2 Å². The van der Waals surface area contributed by atoms with Crippen molar-refractivity contribution in [2.75, 3.05) is 12.9 Å². The Kier molecular flexibility index (Phi) is 7.79. The van der Waals surface area contributed by atoms with Crippen LogP contribution in [0.4, 0.5) is 0 Å². The summed E-state index contributed by atoms with van der Waals surface area (Å²) in [5, 5.41) is 17.9. The summed E-state index contributed by atoms with van der Waals surface area (Å²) in [4.78, 5) is 24.4. The highest BCUT2D eigenvalue weighted by Crippen LogP contribution is 2.22. The molecule has 0 bridgehead atoms. The molecule has 9 heteroatoms. The maximum Gasteiger partial charge on any atom is 0.264 e. The molecule has 2 atom stereocenters. The molecule has 0 aliphatic heterocycles. The minimum absolute atomic E-state index is 0.00458. The predicted octanol–water partition coefficient (Wildman–Crippen LogP) is 1.19. The number of hydroxylamine groups is 1. The van der Waals surface area contributed by atoms with Crippen molar-refractivity contribution >= 4 is 15.7 Å². The third-order valence-corrected chi connectivity index (χ3v) is 7.21. The Balaban J connectivity index is 2.21. The monoisotopic (exact) mass is 446 g/mol. The second kappa shape index (κ2) is 9.92. The number of carbonyl (C=O) groups is 1. The zero-order valence-corrected chi connectivity index (χ0v) is 18.4. The molecule has 2 unspecified atom stereocenters. The van der Waals surface area contributed by atoms with E-state index in [4.69, 9.17) is 10.3 Å². The number of sulfone groups is 1. The number of nitrogens with one attached hydrogen (secondary N) is 1. The molecule has 0 spiro atoms. The first-order chi connectivity index (χ1) is 14.5. The van der Waals surface area contributed by atoms with Crippen molar-refractivity contribution in [1.29, 1.82) is 0 Å². The second-order valence-corrected chi connectivity index (χ2v) is 10.0. The van der Waals surface area contributed by atoms with E-state index in [0.29, 0.717) is 5.56 Å². The number of amides is 1. The molecule has 0 fully saturated rings. The van der Waals surface area contributed by atoms with E-state index >= 15 is 0 Å². The molecule has 1 heterocycles. The molecule has 0 aliphatic carbocycles. The fourth-order valence-electron chi connectivity index (χ4n) is 2.79. The standard InChI is InChI=1S/C22H26N2O6S/c1-16(15-25)4-5-17-6-8-18(9-7-17)19-10-12-24(20(26)14-19)13-11-22(2,21(27)23-28)31(3,29)30/h6-10,12,14,16,25,28H,11,13,15H2,1-3H3,(H,23,27). The zero-order chi connectivity index (χ0) is 23.2. The lowest BCUT2D eigenvalue weighted by Gasteiger charge is -2.25. The van der Waals surface area contributed by atoms with Crippen molar-refractivity contribution in [2.45, 2.75) is 31.6 Å². The Hall–Kier alpha value is -2.93. The third-order valence-electron chi connectivity index (χ3n) is 5.18. The number of aryl methyl sites for hydroxylation is 1. The first kappa shape index (κ1) is 24.3. The number of aromatic nitrogens is 1. The van der Waals surface area contributed by atoms with Gasteiger partial charge in [0.1, 0.15) is 0 Å². The van der Waals surface area contributed by atoms with Gasteiger partial charge in [0, 0.05) is 36.5 Å². The molecular formula is C22H26N2O6S. The molecular weight excluding hydrogens is 420 g/mol. The molecule has 0 saturated carbocycles. The lowest BCUT2D eigenvalue weighted by molar-refractivity contribution is -0.131. The van der Waals surface area contributed by atoms with Gasteiger partial charge in [0.25, 0.3) is 11.5 Å². The molecule has 8 nitrogen and oxygen atoms in total. The summed E-state index contributed by atoms with van der Waals surface area (Å²) in [6.07, 6.45) is 2.26. The highest BCUT2D eigenvalue weighted by atomic mass is 32.2. The molecule has 31 heavy (non-hydrogen) atoms. The fraction of sp³-hybridized carbons (Fsp3) is 0.364. The molecule has 2 aromatic rings. The van der Waals surface area contributed by atoms with Crippen LogP contribution >= 0.6 is 0 Å². The van der Waals surface area contributed by atoms with Crippen molar-refractivity contribution in [2.24, 2.45) is 5.92 Å². The molecule has 2 rings (SSSR count). The van der Waals surface area contributed by atoms with E-state index in [1.165, 1.54) is 29.2 Å². The normalized spacial score (nSPS) is 14.1. The summed E-state index contributed by atoms with van der Waals surface area (Å²) in [6.45, 7) is 3.01. The van der Waals surface area contributed by atoms with Crippen molar-refractivity contribution in [1.82, 2.24) is 10.0 Å². The van der Waals surface area contributed by atoms with Crippen molar-refractivity contribution in [3.8, 4) is 23.0 Å². The van der Waals surface area contributed by atoms with Crippen LogP contribution < -0.4 is 11.0 Å². The van der Waals surface area contributed by atoms with Gasteiger partial charge in [-0.2, -0.15) is 0 Å². The molecule has 0 saturated heterocycles. The van der Waals surface area contributed by atoms with E-state index in [2.05, 4.69) is 11.8 Å². The predicted molar refractivity (Wildman–Crippen MR) is 117 cm³/mol. The van der Waals surface area contributed by atoms with Gasteiger partial charge in [-0.1, -0.05) is 24.0 Å². The molecule has 0 radical (unpaired) electrons. The first-order valence-corrected chi connectivity index (χ1v) is 11.5. The Morgan fingerprint density at radius 3 is 2.39 bits per heavy atom. The lowest BCUT2D eigenvalue weighted by Crippen LogP contribution is -2.49. The number of nitrogens with zero attached hydrogens (tertiary/aromatic N) is 1. The van der Waals surface area contributed by atoms with Crippen LogP contribution in [-0.4, -0.2) is 46.8 Å². The van der Waals surface area contributed by atoms with Crippen LogP contribution in [0.5, 0.6) is 0 Å². The topological polar surface area (TPSA) is 126 Å². The Bertz CT molecular complexity index is 1160. The van der Waals surface area contributed by atoms with Crippen molar-refractivity contribution in [3.05, 3.63) is 58.5 Å². The van der Waals surface area contributed by atoms with E-state index in [1.807, 2.05) is 31.2 Å². The quantitative estimate of drug-likeness (QED) is 0.333. The van der Waals surface area contributed by atoms with Gasteiger partial charge in [-0.15, -0.1) is 0 Å². The van der Waals surface area contributed by atoms with Crippen LogP contribution in [0.2, 0.25) is 0 Å². The van der Waals surface area contributed by atoms with Crippen LogP contribution in [0.15, 0.2) is 47.4 Å². The number of rotatable bonds is 7. The summed E-state index contributed by atoms with van der Waals surface area (Å²) >= 11 is 0. The maximum absolute atomic E-state index is 12.5. The summed E-state index contributed by atoms with van der Waals surface area (Å²) in [7, 11) is -3.84. The number of aliphatic hydroxyl groups is 1. The van der Waals surface area contributed by atoms with Gasteiger partial charge in [-0.25, -0.2) is 13.9 Å². The fourth-order valence-corrected chi connectivity index (χ4v) is 3.63. The number of hydrogen-bond donors (Lipinski definition) is 3. The number of pyridine rings is 1. The summed E-state index contributed by atoms with van der Waals surface area (Å²) in [5.74, 6) is 4.75. The Morgan fingerprint density at radius 1 is 1.23 bits per heavy atom. The minimum atomic E-state index is -3.84. The molecule has 1 amide bonds. The number of benzene rings is 1. The minimum Gasteiger partial charge on any atom is -0.395 e. The van der Waals surface area contributed by atoms with E-state index in [-0.39, 0.29) is 31.0 Å². The Morgan fingerprint density at radius 2 is 1.87 bits per heavy atom. The average Bonchev–Trinajstić information content (AvgIpc) is 2.75. The van der Waals surface area contributed by atoms with Crippen LogP contribution in [0.1, 0.15) is 25.8 Å². The van der Waals surface area contributed by atoms with Gasteiger partial charge in [0.05, 0.1) is 6.61 Å². The third kappa shape index (κ3) is 5.82. The highest BCUT2D eigenvalue weighted by Gasteiger charge is 2.43. The van der Waals surface area contributed by atoms with Crippen LogP contribution in [0, 0.1) is 17.8 Å². The molecule has 1 aromatic carbocycles. The lowest BCUT2D eigenvalue weighted by atomic mass is 10.0. The molecule has 3 N–H and O–H groups in total. The first-order valence-electron chi connectivity index (χ1n) is 9.59. The van der Waals surface area contributed by atoms with Crippen molar-refractivity contribution < 1.29 is 23.5 Å². The number of aliphatic hydroxyl groups excluding tert-OH is 1. The van der Waals surface area contributed by atoms with Gasteiger partial charge in [0.2, 0.25) is 0 Å². The summed E-state index contributed by atoms with van der Waals surface area (Å²) < 4.78 is 23.5. The van der Waals surface area contributed by atoms with E-state index < -0.39 is 20.5 Å². The highest BCUT2D eigenvalue weighted by molar-refractivity contribution is 7.92. The second-order valence-electron chi connectivity index (χ2n) is 7.57. The maximum atomic E-state index is 12.5. The summed E-state index contributed by atoms with van der Waals surface area (Å²) in [5.41, 5.74) is 3.33. The van der Waals surface area contributed by atoms with E-state index in [0.717, 1.165) is 17.4 Å². The smallest absolute Gasteiger partial charge is 0.264 e. The molecule has 166 valence electrons. The van der Waals surface area contributed by atoms with Gasteiger partial charge < -0.3 is 9.67 Å². The zero-order valence-electron chi connectivity index (χ0n) is 17.6. The summed E-state index contributed by atoms with van der Waals surface area (Å²) in [6, 6.07) is 10.5. The Labute approximate surface area is 181 Å². The van der Waals surface area contributed by atoms with Gasteiger partial charge >= 0.3 is 0 Å². The SMILES string of the molecule is CC(C#Cc1ccc(-c2ccn(CCC(C)(C(=O)NO)S(C)(=O)=O)c(=O)c2)cc1)CO. The number of carbonyl (C=O) groups excluding carboxylic acids is 1. The number of hydrogen-bond acceptors (Lipinski definition) is 6. The van der Waals surface area contributed by atoms with E-state index in [1.54, 1.807) is 6.07 Å². The van der Waals surface area contributed by atoms with Crippen molar-refractivity contribution in [3.63, 3.8) is 0 Å².